The van der Waals surface area contributed by atoms with Gasteiger partial charge in [-0.25, -0.2) is 0 Å². The van der Waals surface area contributed by atoms with E-state index in [4.69, 9.17) is 4.74 Å². The van der Waals surface area contributed by atoms with E-state index in [-0.39, 0.29) is 23.3 Å². The van der Waals surface area contributed by atoms with Gasteiger partial charge in [0, 0.05) is 18.2 Å². The Hall–Kier alpha value is -0.710. The highest BCUT2D eigenvalue weighted by molar-refractivity contribution is 7.99. The van der Waals surface area contributed by atoms with Crippen molar-refractivity contribution in [3.63, 3.8) is 0 Å². The standard InChI is InChI=1S/C13H23NO3S/c1-10(2)14-11(15)4-7-18-9-13(5-6-13)8-12(16)17-3/h10H,4-9H2,1-3H3,(H,14,15). The minimum absolute atomic E-state index is 0.107. The van der Waals surface area contributed by atoms with Crippen LogP contribution in [-0.4, -0.2) is 36.5 Å². The lowest BCUT2D eigenvalue weighted by molar-refractivity contribution is -0.141. The molecule has 1 rings (SSSR count). The molecule has 0 atom stereocenters. The van der Waals surface area contributed by atoms with Crippen LogP contribution >= 0.6 is 11.8 Å². The zero-order chi connectivity index (χ0) is 13.6. The van der Waals surface area contributed by atoms with Crippen molar-refractivity contribution < 1.29 is 14.3 Å². The molecular weight excluding hydrogens is 250 g/mol. The van der Waals surface area contributed by atoms with Gasteiger partial charge >= 0.3 is 5.97 Å². The number of carbonyl (C=O) groups is 2. The molecule has 104 valence electrons. The van der Waals surface area contributed by atoms with Crippen molar-refractivity contribution in [1.82, 2.24) is 5.32 Å². The molecule has 0 aromatic rings. The summed E-state index contributed by atoms with van der Waals surface area (Å²) >= 11 is 1.76. The second-order valence-electron chi connectivity index (χ2n) is 5.28. The molecule has 0 aliphatic heterocycles. The lowest BCUT2D eigenvalue weighted by atomic mass is 10.1. The molecule has 4 nitrogen and oxygen atoms in total. The first-order valence-corrected chi connectivity index (χ1v) is 7.57. The summed E-state index contributed by atoms with van der Waals surface area (Å²) in [5.74, 6) is 1.76. The van der Waals surface area contributed by atoms with Gasteiger partial charge in [0.05, 0.1) is 13.5 Å². The van der Waals surface area contributed by atoms with Crippen molar-refractivity contribution in [3.05, 3.63) is 0 Å². The summed E-state index contributed by atoms with van der Waals surface area (Å²) < 4.78 is 4.70. The van der Waals surface area contributed by atoms with Gasteiger partial charge in [-0.1, -0.05) is 0 Å². The second kappa shape index (κ2) is 7.02. The van der Waals surface area contributed by atoms with Crippen molar-refractivity contribution in [2.45, 2.75) is 45.6 Å². The molecule has 1 fully saturated rings. The number of methoxy groups -OCH3 is 1. The van der Waals surface area contributed by atoms with Gasteiger partial charge in [0.1, 0.15) is 0 Å². The maximum Gasteiger partial charge on any atom is 0.306 e. The Morgan fingerprint density at radius 3 is 2.56 bits per heavy atom. The zero-order valence-electron chi connectivity index (χ0n) is 11.5. The zero-order valence-corrected chi connectivity index (χ0v) is 12.3. The van der Waals surface area contributed by atoms with Crippen LogP contribution in [-0.2, 0) is 14.3 Å². The van der Waals surface area contributed by atoms with Crippen molar-refractivity contribution in [3.8, 4) is 0 Å². The van der Waals surface area contributed by atoms with Crippen LogP contribution in [0.1, 0.15) is 39.5 Å². The van der Waals surface area contributed by atoms with Crippen LogP contribution in [0.3, 0.4) is 0 Å². The van der Waals surface area contributed by atoms with Crippen molar-refractivity contribution in [2.75, 3.05) is 18.6 Å². The summed E-state index contributed by atoms with van der Waals surface area (Å²) in [7, 11) is 1.43. The number of rotatable bonds is 8. The third kappa shape index (κ3) is 5.76. The van der Waals surface area contributed by atoms with Crippen LogP contribution in [0.4, 0.5) is 0 Å². The fraction of sp³-hybridized carbons (Fsp3) is 0.846. The smallest absolute Gasteiger partial charge is 0.306 e. The Morgan fingerprint density at radius 2 is 2.06 bits per heavy atom. The molecular formula is C13H23NO3S. The van der Waals surface area contributed by atoms with E-state index < -0.39 is 0 Å². The molecule has 0 heterocycles. The maximum atomic E-state index is 11.4. The minimum atomic E-state index is -0.120. The molecule has 1 aliphatic rings. The van der Waals surface area contributed by atoms with Gasteiger partial charge in [-0.2, -0.15) is 11.8 Å². The fourth-order valence-corrected chi connectivity index (χ4v) is 3.07. The second-order valence-corrected chi connectivity index (χ2v) is 6.38. The van der Waals surface area contributed by atoms with Crippen LogP contribution in [0.15, 0.2) is 0 Å². The Morgan fingerprint density at radius 1 is 1.39 bits per heavy atom. The quantitative estimate of drug-likeness (QED) is 0.543. The molecule has 0 aromatic heterocycles. The molecule has 1 saturated carbocycles. The normalized spacial score (nSPS) is 16.4. The minimum Gasteiger partial charge on any atom is -0.469 e. The van der Waals surface area contributed by atoms with E-state index in [1.54, 1.807) is 11.8 Å². The van der Waals surface area contributed by atoms with Crippen LogP contribution < -0.4 is 5.32 Å². The summed E-state index contributed by atoms with van der Waals surface area (Å²) in [4.78, 5) is 22.7. The lowest BCUT2D eigenvalue weighted by Gasteiger charge is -2.13. The molecule has 0 radical (unpaired) electrons. The first kappa shape index (κ1) is 15.3. The Balaban J connectivity index is 2.11. The summed E-state index contributed by atoms with van der Waals surface area (Å²) in [6.45, 7) is 3.92. The molecule has 1 N–H and O–H groups in total. The van der Waals surface area contributed by atoms with Crippen molar-refractivity contribution in [2.24, 2.45) is 5.41 Å². The van der Waals surface area contributed by atoms with E-state index in [2.05, 4.69) is 5.32 Å². The lowest BCUT2D eigenvalue weighted by Crippen LogP contribution is -2.30. The number of amides is 1. The summed E-state index contributed by atoms with van der Waals surface area (Å²) in [5, 5.41) is 2.87. The molecule has 0 unspecified atom stereocenters. The predicted molar refractivity (Wildman–Crippen MR) is 73.5 cm³/mol. The Bertz CT molecular complexity index is 301. The monoisotopic (exact) mass is 273 g/mol. The summed E-state index contributed by atoms with van der Waals surface area (Å²) in [5.41, 5.74) is 0.159. The topological polar surface area (TPSA) is 55.4 Å². The van der Waals surface area contributed by atoms with Gasteiger partial charge in [0.2, 0.25) is 5.91 Å². The van der Waals surface area contributed by atoms with E-state index in [9.17, 15) is 9.59 Å². The van der Waals surface area contributed by atoms with E-state index in [0.717, 1.165) is 24.3 Å². The van der Waals surface area contributed by atoms with E-state index in [1.807, 2.05) is 13.8 Å². The first-order chi connectivity index (χ1) is 8.47. The number of nitrogens with one attached hydrogen (secondary N) is 1. The number of carbonyl (C=O) groups excluding carboxylic acids is 2. The average molecular weight is 273 g/mol. The third-order valence-corrected chi connectivity index (χ3v) is 4.34. The van der Waals surface area contributed by atoms with Crippen molar-refractivity contribution >= 4 is 23.6 Å². The number of ether oxygens (including phenoxy) is 1. The number of hydrogen-bond acceptors (Lipinski definition) is 4. The molecule has 1 aliphatic carbocycles. The Kier molecular flexibility index (Phi) is 5.99. The highest BCUT2D eigenvalue weighted by Gasteiger charge is 2.44. The number of hydrogen-bond donors (Lipinski definition) is 1. The van der Waals surface area contributed by atoms with Gasteiger partial charge in [-0.15, -0.1) is 0 Å². The average Bonchev–Trinajstić information content (AvgIpc) is 3.04. The van der Waals surface area contributed by atoms with Gasteiger partial charge in [0.25, 0.3) is 0 Å². The van der Waals surface area contributed by atoms with Crippen LogP contribution in [0.5, 0.6) is 0 Å². The summed E-state index contributed by atoms with van der Waals surface area (Å²) in [6, 6.07) is 0.205. The molecule has 0 bridgehead atoms. The van der Waals surface area contributed by atoms with E-state index in [1.165, 1.54) is 7.11 Å². The SMILES string of the molecule is COC(=O)CC1(CSCCC(=O)NC(C)C)CC1. The van der Waals surface area contributed by atoms with Crippen LogP contribution in [0.2, 0.25) is 0 Å². The third-order valence-electron chi connectivity index (χ3n) is 3.04. The molecule has 0 aromatic carbocycles. The van der Waals surface area contributed by atoms with E-state index in [0.29, 0.717) is 12.8 Å². The first-order valence-electron chi connectivity index (χ1n) is 6.41. The molecule has 0 saturated heterocycles. The Labute approximate surface area is 113 Å². The highest BCUT2D eigenvalue weighted by atomic mass is 32.2. The highest BCUT2D eigenvalue weighted by Crippen LogP contribution is 2.51. The van der Waals surface area contributed by atoms with Gasteiger partial charge in [0.15, 0.2) is 0 Å². The largest absolute Gasteiger partial charge is 0.469 e. The van der Waals surface area contributed by atoms with Crippen LogP contribution in [0.25, 0.3) is 0 Å². The maximum absolute atomic E-state index is 11.4. The van der Waals surface area contributed by atoms with Gasteiger partial charge < -0.3 is 10.1 Å². The fourth-order valence-electron chi connectivity index (χ4n) is 1.77. The van der Waals surface area contributed by atoms with E-state index >= 15 is 0 Å². The molecule has 18 heavy (non-hydrogen) atoms. The number of thioether (sulfide) groups is 1. The predicted octanol–water partition coefficient (Wildman–Crippen LogP) is 1.98. The van der Waals surface area contributed by atoms with Gasteiger partial charge in [-0.3, -0.25) is 9.59 Å². The number of esters is 1. The molecule has 5 heteroatoms. The van der Waals surface area contributed by atoms with Gasteiger partial charge in [-0.05, 0) is 37.9 Å². The summed E-state index contributed by atoms with van der Waals surface area (Å²) in [6.07, 6.45) is 3.28. The molecule has 1 amide bonds. The van der Waals surface area contributed by atoms with Crippen LogP contribution in [0, 0.1) is 5.41 Å². The van der Waals surface area contributed by atoms with Crippen molar-refractivity contribution in [1.29, 1.82) is 0 Å². The molecule has 0 spiro atoms.